The fourth-order valence-electron chi connectivity index (χ4n) is 1.95. The number of phenols is 1. The van der Waals surface area contributed by atoms with Crippen molar-refractivity contribution in [1.29, 1.82) is 0 Å². The first-order valence-corrected chi connectivity index (χ1v) is 7.08. The highest BCUT2D eigenvalue weighted by atomic mass is 79.9. The molecule has 1 fully saturated rings. The molecule has 0 unspecified atom stereocenters. The summed E-state index contributed by atoms with van der Waals surface area (Å²) >= 11 is 3.28. The van der Waals surface area contributed by atoms with E-state index in [2.05, 4.69) is 15.9 Å². The van der Waals surface area contributed by atoms with Crippen LogP contribution in [0.3, 0.4) is 0 Å². The molecule has 0 radical (unpaired) electrons. The van der Waals surface area contributed by atoms with Gasteiger partial charge in [0.05, 0.1) is 5.56 Å². The number of amides is 1. The van der Waals surface area contributed by atoms with Crippen LogP contribution in [-0.2, 0) is 0 Å². The lowest BCUT2D eigenvalue weighted by atomic mass is 10.1. The van der Waals surface area contributed by atoms with E-state index < -0.39 is 0 Å². The molecule has 1 saturated carbocycles. The van der Waals surface area contributed by atoms with Crippen LogP contribution in [0, 0.1) is 5.92 Å². The average molecular weight is 312 g/mol. The number of nitrogens with zero attached hydrogens (tertiary/aromatic N) is 1. The second-order valence-electron chi connectivity index (χ2n) is 5.16. The fraction of sp³-hybridized carbons (Fsp3) is 0.500. The minimum atomic E-state index is -0.0816. The standard InChI is InChI=1S/C14H18BrNO2/c1-9(2)16(8-10-3-4-10)14(18)12-6-5-11(15)7-13(12)17/h5-7,9-10,17H,3-4,8H2,1-2H3. The largest absolute Gasteiger partial charge is 0.507 e. The molecule has 0 aromatic heterocycles. The third-order valence-corrected chi connectivity index (χ3v) is 3.72. The molecular formula is C14H18BrNO2. The molecule has 1 N–H and O–H groups in total. The maximum Gasteiger partial charge on any atom is 0.257 e. The number of carbonyl (C=O) groups excluding carboxylic acids is 1. The maximum atomic E-state index is 12.4. The smallest absolute Gasteiger partial charge is 0.257 e. The van der Waals surface area contributed by atoms with Crippen molar-refractivity contribution in [2.24, 2.45) is 5.92 Å². The van der Waals surface area contributed by atoms with Crippen molar-refractivity contribution in [2.45, 2.75) is 32.7 Å². The highest BCUT2D eigenvalue weighted by Gasteiger charge is 2.29. The lowest BCUT2D eigenvalue weighted by Crippen LogP contribution is -2.38. The fourth-order valence-corrected chi connectivity index (χ4v) is 2.30. The van der Waals surface area contributed by atoms with Crippen LogP contribution in [0.1, 0.15) is 37.0 Å². The Bertz CT molecular complexity index is 455. The topological polar surface area (TPSA) is 40.5 Å². The third-order valence-electron chi connectivity index (χ3n) is 3.23. The van der Waals surface area contributed by atoms with Crippen molar-refractivity contribution in [1.82, 2.24) is 4.90 Å². The van der Waals surface area contributed by atoms with Crippen LogP contribution in [0.25, 0.3) is 0 Å². The van der Waals surface area contributed by atoms with Gasteiger partial charge < -0.3 is 10.0 Å². The van der Waals surface area contributed by atoms with Crippen molar-refractivity contribution >= 4 is 21.8 Å². The first-order valence-electron chi connectivity index (χ1n) is 6.28. The van der Waals surface area contributed by atoms with Gasteiger partial charge in [0.15, 0.2) is 0 Å². The van der Waals surface area contributed by atoms with E-state index in [0.29, 0.717) is 11.5 Å². The van der Waals surface area contributed by atoms with Crippen LogP contribution in [0.15, 0.2) is 22.7 Å². The predicted octanol–water partition coefficient (Wildman–Crippen LogP) is 3.42. The summed E-state index contributed by atoms with van der Waals surface area (Å²) in [4.78, 5) is 14.3. The highest BCUT2D eigenvalue weighted by Crippen LogP contribution is 2.32. The SMILES string of the molecule is CC(C)N(CC1CC1)C(=O)c1ccc(Br)cc1O. The Hall–Kier alpha value is -1.03. The number of hydrogen-bond donors (Lipinski definition) is 1. The molecule has 0 heterocycles. The maximum absolute atomic E-state index is 12.4. The Labute approximate surface area is 116 Å². The van der Waals surface area contributed by atoms with Gasteiger partial charge in [-0.3, -0.25) is 4.79 Å². The lowest BCUT2D eigenvalue weighted by Gasteiger charge is -2.27. The van der Waals surface area contributed by atoms with Gasteiger partial charge in [-0.05, 0) is 50.8 Å². The van der Waals surface area contributed by atoms with E-state index in [9.17, 15) is 9.90 Å². The average Bonchev–Trinajstić information content (AvgIpc) is 3.08. The van der Waals surface area contributed by atoms with Crippen molar-refractivity contribution in [3.8, 4) is 5.75 Å². The molecule has 1 aromatic rings. The quantitative estimate of drug-likeness (QED) is 0.925. The van der Waals surface area contributed by atoms with Gasteiger partial charge in [0.2, 0.25) is 0 Å². The molecule has 98 valence electrons. The summed E-state index contributed by atoms with van der Waals surface area (Å²) < 4.78 is 0.773. The molecule has 0 aliphatic heterocycles. The molecule has 1 aliphatic carbocycles. The third kappa shape index (κ3) is 3.05. The van der Waals surface area contributed by atoms with Gasteiger partial charge in [-0.15, -0.1) is 0 Å². The number of halogens is 1. The molecule has 3 nitrogen and oxygen atoms in total. The number of aromatic hydroxyl groups is 1. The Kier molecular flexibility index (Phi) is 3.95. The molecule has 0 bridgehead atoms. The second kappa shape index (κ2) is 5.31. The Balaban J connectivity index is 2.20. The molecular weight excluding hydrogens is 294 g/mol. The summed E-state index contributed by atoms with van der Waals surface area (Å²) in [6.07, 6.45) is 2.42. The van der Waals surface area contributed by atoms with Crippen molar-refractivity contribution in [2.75, 3.05) is 6.54 Å². The molecule has 0 atom stereocenters. The van der Waals surface area contributed by atoms with Crippen molar-refractivity contribution in [3.05, 3.63) is 28.2 Å². The lowest BCUT2D eigenvalue weighted by molar-refractivity contribution is 0.0693. The molecule has 0 saturated heterocycles. The van der Waals surface area contributed by atoms with E-state index >= 15 is 0 Å². The van der Waals surface area contributed by atoms with E-state index in [1.807, 2.05) is 18.7 Å². The van der Waals surface area contributed by atoms with Gasteiger partial charge >= 0.3 is 0 Å². The zero-order valence-corrected chi connectivity index (χ0v) is 12.3. The van der Waals surface area contributed by atoms with E-state index in [1.54, 1.807) is 18.2 Å². The van der Waals surface area contributed by atoms with E-state index in [1.165, 1.54) is 12.8 Å². The van der Waals surface area contributed by atoms with Gasteiger partial charge in [-0.2, -0.15) is 0 Å². The molecule has 2 rings (SSSR count). The van der Waals surface area contributed by atoms with Crippen molar-refractivity contribution < 1.29 is 9.90 Å². The van der Waals surface area contributed by atoms with Gasteiger partial charge in [-0.25, -0.2) is 0 Å². The molecule has 1 amide bonds. The Morgan fingerprint density at radius 2 is 2.17 bits per heavy atom. The Morgan fingerprint density at radius 1 is 1.50 bits per heavy atom. The summed E-state index contributed by atoms with van der Waals surface area (Å²) in [6.45, 7) is 4.82. The van der Waals surface area contributed by atoms with Gasteiger partial charge in [0.1, 0.15) is 5.75 Å². The van der Waals surface area contributed by atoms with Gasteiger partial charge in [-0.1, -0.05) is 15.9 Å². The minimum Gasteiger partial charge on any atom is -0.507 e. The summed E-state index contributed by atoms with van der Waals surface area (Å²) in [5.41, 5.74) is 0.382. The normalized spacial score (nSPS) is 14.9. The highest BCUT2D eigenvalue weighted by molar-refractivity contribution is 9.10. The summed E-state index contributed by atoms with van der Waals surface area (Å²) in [5, 5.41) is 9.86. The van der Waals surface area contributed by atoms with Crippen molar-refractivity contribution in [3.63, 3.8) is 0 Å². The van der Waals surface area contributed by atoms with E-state index in [4.69, 9.17) is 0 Å². The Morgan fingerprint density at radius 3 is 2.67 bits per heavy atom. The van der Waals surface area contributed by atoms with Crippen LogP contribution in [0.5, 0.6) is 5.75 Å². The number of phenolic OH excluding ortho intramolecular Hbond substituents is 1. The predicted molar refractivity (Wildman–Crippen MR) is 74.7 cm³/mol. The van der Waals surface area contributed by atoms with Crippen LogP contribution in [-0.4, -0.2) is 28.5 Å². The first-order chi connectivity index (χ1) is 8.49. The van der Waals surface area contributed by atoms with Crippen LogP contribution >= 0.6 is 15.9 Å². The molecule has 18 heavy (non-hydrogen) atoms. The number of benzene rings is 1. The van der Waals surface area contributed by atoms with E-state index in [-0.39, 0.29) is 17.7 Å². The minimum absolute atomic E-state index is 0.0378. The van der Waals surface area contributed by atoms with Crippen LogP contribution < -0.4 is 0 Å². The van der Waals surface area contributed by atoms with Gasteiger partial charge in [0, 0.05) is 17.1 Å². The number of carbonyl (C=O) groups is 1. The zero-order valence-electron chi connectivity index (χ0n) is 10.7. The summed E-state index contributed by atoms with van der Waals surface area (Å²) in [5.74, 6) is 0.603. The summed E-state index contributed by atoms with van der Waals surface area (Å²) in [6, 6.07) is 5.16. The van der Waals surface area contributed by atoms with E-state index in [0.717, 1.165) is 11.0 Å². The zero-order chi connectivity index (χ0) is 13.3. The monoisotopic (exact) mass is 311 g/mol. The number of rotatable bonds is 4. The number of hydrogen-bond acceptors (Lipinski definition) is 2. The first kappa shape index (κ1) is 13.4. The van der Waals surface area contributed by atoms with Crippen LogP contribution in [0.2, 0.25) is 0 Å². The molecule has 4 heteroatoms. The second-order valence-corrected chi connectivity index (χ2v) is 6.07. The molecule has 1 aliphatic rings. The molecule has 0 spiro atoms. The molecule has 1 aromatic carbocycles. The summed E-state index contributed by atoms with van der Waals surface area (Å²) in [7, 11) is 0. The van der Waals surface area contributed by atoms with Gasteiger partial charge in [0.25, 0.3) is 5.91 Å². The van der Waals surface area contributed by atoms with Crippen LogP contribution in [0.4, 0.5) is 0 Å².